The molecule has 0 aromatic heterocycles. The second-order valence-electron chi connectivity index (χ2n) is 5.03. The molecular weight excluding hydrogens is 174 g/mol. The maximum atomic E-state index is 5.28. The summed E-state index contributed by atoms with van der Waals surface area (Å²) in [5.41, 5.74) is 0. The molecule has 0 aromatic carbocycles. The molecule has 2 heteroatoms. The number of rotatable bonds is 4. The van der Waals surface area contributed by atoms with Gasteiger partial charge in [-0.25, -0.2) is 0 Å². The van der Waals surface area contributed by atoms with Gasteiger partial charge in [0.2, 0.25) is 0 Å². The van der Waals surface area contributed by atoms with E-state index < -0.39 is 0 Å². The van der Waals surface area contributed by atoms with Crippen LogP contribution in [0, 0.1) is 5.92 Å². The number of methoxy groups -OCH3 is 1. The third-order valence-corrected chi connectivity index (χ3v) is 4.03. The van der Waals surface area contributed by atoms with Crippen molar-refractivity contribution in [1.82, 2.24) is 5.32 Å². The molecule has 2 aliphatic rings. The van der Waals surface area contributed by atoms with Gasteiger partial charge in [0.25, 0.3) is 0 Å². The second-order valence-corrected chi connectivity index (χ2v) is 5.03. The van der Waals surface area contributed by atoms with Gasteiger partial charge in [-0.3, -0.25) is 0 Å². The molecule has 1 N–H and O–H groups in total. The topological polar surface area (TPSA) is 21.3 Å². The van der Waals surface area contributed by atoms with E-state index in [9.17, 15) is 0 Å². The summed E-state index contributed by atoms with van der Waals surface area (Å²) in [4.78, 5) is 0. The Labute approximate surface area is 87.4 Å². The zero-order valence-electron chi connectivity index (χ0n) is 9.46. The minimum absolute atomic E-state index is 0.531. The van der Waals surface area contributed by atoms with Crippen molar-refractivity contribution in [1.29, 1.82) is 0 Å². The molecule has 0 aromatic rings. The van der Waals surface area contributed by atoms with Gasteiger partial charge in [-0.05, 0) is 38.5 Å². The van der Waals surface area contributed by atoms with E-state index in [4.69, 9.17) is 4.74 Å². The van der Waals surface area contributed by atoms with Crippen molar-refractivity contribution >= 4 is 0 Å². The summed E-state index contributed by atoms with van der Waals surface area (Å²) < 4.78 is 5.28. The van der Waals surface area contributed by atoms with Crippen LogP contribution < -0.4 is 5.32 Å². The van der Waals surface area contributed by atoms with Crippen LogP contribution >= 0.6 is 0 Å². The van der Waals surface area contributed by atoms with E-state index in [-0.39, 0.29) is 0 Å². The summed E-state index contributed by atoms with van der Waals surface area (Å²) in [5, 5.41) is 3.74. The van der Waals surface area contributed by atoms with Crippen LogP contribution in [0.2, 0.25) is 0 Å². The molecule has 2 saturated carbocycles. The molecule has 82 valence electrons. The highest BCUT2D eigenvalue weighted by Gasteiger charge is 2.31. The van der Waals surface area contributed by atoms with E-state index in [0.717, 1.165) is 18.0 Å². The lowest BCUT2D eigenvalue weighted by atomic mass is 9.87. The summed E-state index contributed by atoms with van der Waals surface area (Å²) in [6.07, 6.45) is 8.73. The van der Waals surface area contributed by atoms with Gasteiger partial charge < -0.3 is 10.1 Å². The normalized spacial score (nSPS) is 35.6. The van der Waals surface area contributed by atoms with E-state index in [1.54, 1.807) is 0 Å². The minimum Gasteiger partial charge on any atom is -0.381 e. The Morgan fingerprint density at radius 2 is 1.86 bits per heavy atom. The van der Waals surface area contributed by atoms with Gasteiger partial charge in [0.1, 0.15) is 0 Å². The molecule has 0 aliphatic heterocycles. The number of ether oxygens (including phenoxy) is 1. The van der Waals surface area contributed by atoms with Gasteiger partial charge in [-0.2, -0.15) is 0 Å². The van der Waals surface area contributed by atoms with Gasteiger partial charge in [0.05, 0.1) is 6.10 Å². The third-order valence-electron chi connectivity index (χ3n) is 4.03. The van der Waals surface area contributed by atoms with Crippen LogP contribution in [0.4, 0.5) is 0 Å². The monoisotopic (exact) mass is 197 g/mol. The van der Waals surface area contributed by atoms with Gasteiger partial charge in [-0.1, -0.05) is 12.8 Å². The Morgan fingerprint density at radius 1 is 1.21 bits per heavy atom. The molecule has 2 fully saturated rings. The first-order valence-corrected chi connectivity index (χ1v) is 6.08. The second kappa shape index (κ2) is 4.63. The predicted octanol–water partition coefficient (Wildman–Crippen LogP) is 2.33. The fourth-order valence-electron chi connectivity index (χ4n) is 2.86. The fourth-order valence-corrected chi connectivity index (χ4v) is 2.86. The standard InChI is InChI=1S/C12H23NO/c1-9(10-5-3-4-6-10)13-11-7-12(8-11)14-2/h9-13H,3-8H2,1-2H3/t9-,11?,12?/m1/s1. The Bertz CT molecular complexity index is 171. The molecule has 0 unspecified atom stereocenters. The molecule has 2 nitrogen and oxygen atoms in total. The molecule has 2 rings (SSSR count). The molecule has 0 amide bonds. The molecule has 0 heterocycles. The Morgan fingerprint density at radius 3 is 2.43 bits per heavy atom. The van der Waals surface area contributed by atoms with E-state index in [1.165, 1.54) is 38.5 Å². The average Bonchev–Trinajstić information content (AvgIpc) is 2.62. The summed E-state index contributed by atoms with van der Waals surface area (Å²) in [6, 6.07) is 1.45. The number of nitrogens with one attached hydrogen (secondary N) is 1. The number of hydrogen-bond donors (Lipinski definition) is 1. The zero-order chi connectivity index (χ0) is 9.97. The maximum absolute atomic E-state index is 5.28. The van der Waals surface area contributed by atoms with Crippen LogP contribution in [0.5, 0.6) is 0 Å². The van der Waals surface area contributed by atoms with Crippen molar-refractivity contribution in [3.63, 3.8) is 0 Å². The van der Waals surface area contributed by atoms with Crippen molar-refractivity contribution in [2.75, 3.05) is 7.11 Å². The molecule has 0 spiro atoms. The summed E-state index contributed by atoms with van der Waals surface area (Å²) in [6.45, 7) is 2.36. The largest absolute Gasteiger partial charge is 0.381 e. The summed E-state index contributed by atoms with van der Waals surface area (Å²) in [5.74, 6) is 0.941. The van der Waals surface area contributed by atoms with Crippen molar-refractivity contribution in [3.8, 4) is 0 Å². The smallest absolute Gasteiger partial charge is 0.0601 e. The molecular formula is C12H23NO. The summed E-state index contributed by atoms with van der Waals surface area (Å²) in [7, 11) is 1.82. The van der Waals surface area contributed by atoms with Gasteiger partial charge >= 0.3 is 0 Å². The first-order valence-electron chi connectivity index (χ1n) is 6.08. The molecule has 1 atom stereocenters. The highest BCUT2D eigenvalue weighted by molar-refractivity contribution is 4.89. The fraction of sp³-hybridized carbons (Fsp3) is 1.00. The maximum Gasteiger partial charge on any atom is 0.0601 e. The highest BCUT2D eigenvalue weighted by Crippen LogP contribution is 2.30. The van der Waals surface area contributed by atoms with Crippen molar-refractivity contribution in [3.05, 3.63) is 0 Å². The first kappa shape index (κ1) is 10.4. The number of hydrogen-bond acceptors (Lipinski definition) is 2. The van der Waals surface area contributed by atoms with Crippen molar-refractivity contribution < 1.29 is 4.74 Å². The van der Waals surface area contributed by atoms with Gasteiger partial charge in [0.15, 0.2) is 0 Å². The lowest BCUT2D eigenvalue weighted by molar-refractivity contribution is 0.0127. The minimum atomic E-state index is 0.531. The Balaban J connectivity index is 1.65. The van der Waals surface area contributed by atoms with Crippen molar-refractivity contribution in [2.24, 2.45) is 5.92 Å². The van der Waals surface area contributed by atoms with Crippen LogP contribution in [0.1, 0.15) is 45.4 Å². The van der Waals surface area contributed by atoms with Gasteiger partial charge in [0, 0.05) is 19.2 Å². The Kier molecular flexibility index (Phi) is 3.45. The van der Waals surface area contributed by atoms with Gasteiger partial charge in [-0.15, -0.1) is 0 Å². The quantitative estimate of drug-likeness (QED) is 0.747. The van der Waals surface area contributed by atoms with Crippen molar-refractivity contribution in [2.45, 2.75) is 63.6 Å². The molecule has 2 aliphatic carbocycles. The molecule has 0 bridgehead atoms. The summed E-state index contributed by atoms with van der Waals surface area (Å²) >= 11 is 0. The van der Waals surface area contributed by atoms with E-state index in [0.29, 0.717) is 6.10 Å². The third kappa shape index (κ3) is 2.29. The first-order chi connectivity index (χ1) is 6.79. The average molecular weight is 197 g/mol. The van der Waals surface area contributed by atoms with Crippen LogP contribution in [0.15, 0.2) is 0 Å². The van der Waals surface area contributed by atoms with E-state index in [1.807, 2.05) is 7.11 Å². The van der Waals surface area contributed by atoms with E-state index >= 15 is 0 Å². The Hall–Kier alpha value is -0.0800. The van der Waals surface area contributed by atoms with Crippen LogP contribution in [0.25, 0.3) is 0 Å². The van der Waals surface area contributed by atoms with E-state index in [2.05, 4.69) is 12.2 Å². The molecule has 0 radical (unpaired) electrons. The molecule has 14 heavy (non-hydrogen) atoms. The predicted molar refractivity (Wildman–Crippen MR) is 58.4 cm³/mol. The molecule has 0 saturated heterocycles. The lowest BCUT2D eigenvalue weighted by Crippen LogP contribution is -2.50. The SMILES string of the molecule is COC1CC(N[C@H](C)C2CCCC2)C1. The highest BCUT2D eigenvalue weighted by atomic mass is 16.5. The van der Waals surface area contributed by atoms with Crippen LogP contribution in [-0.2, 0) is 4.74 Å². The lowest BCUT2D eigenvalue weighted by Gasteiger charge is -2.38. The van der Waals surface area contributed by atoms with Crippen LogP contribution in [-0.4, -0.2) is 25.3 Å². The van der Waals surface area contributed by atoms with Crippen LogP contribution in [0.3, 0.4) is 0 Å². The zero-order valence-corrected chi connectivity index (χ0v) is 9.46.